The zero-order chi connectivity index (χ0) is 20.2. The predicted octanol–water partition coefficient (Wildman–Crippen LogP) is 1.76. The molecule has 0 bridgehead atoms. The Balaban J connectivity index is 1.87. The largest absolute Gasteiger partial charge is 0.480 e. The lowest BCUT2D eigenvalue weighted by molar-refractivity contribution is -0.139. The number of hydrogen-bond donors (Lipinski definition) is 2. The maximum Gasteiger partial charge on any atom is 0.317 e. The average Bonchev–Trinajstić information content (AvgIpc) is 2.93. The molecule has 0 saturated carbocycles. The molecule has 1 aliphatic rings. The quantitative estimate of drug-likeness (QED) is 0.750. The zero-order valence-corrected chi connectivity index (χ0v) is 17.2. The Morgan fingerprint density at radius 1 is 1.33 bits per heavy atom. The van der Waals surface area contributed by atoms with Crippen molar-refractivity contribution in [2.24, 2.45) is 0 Å². The number of nitrogens with one attached hydrogen (secondary N) is 1. The summed E-state index contributed by atoms with van der Waals surface area (Å²) in [6.45, 7) is 12.8. The average molecular weight is 380 g/mol. The highest BCUT2D eigenvalue weighted by Crippen LogP contribution is 2.21. The molecule has 0 spiro atoms. The van der Waals surface area contributed by atoms with Crippen LogP contribution < -0.4 is 5.32 Å². The van der Waals surface area contributed by atoms with E-state index in [1.165, 1.54) is 0 Å². The smallest absolute Gasteiger partial charge is 0.317 e. The maximum atomic E-state index is 12.5. The van der Waals surface area contributed by atoms with Crippen molar-refractivity contribution in [1.29, 1.82) is 0 Å². The van der Waals surface area contributed by atoms with E-state index in [0.29, 0.717) is 6.54 Å². The molecular formula is C19H33N5O3. The number of aliphatic carboxylic acids is 1. The van der Waals surface area contributed by atoms with Crippen molar-refractivity contribution in [3.63, 3.8) is 0 Å². The first-order valence-electron chi connectivity index (χ1n) is 9.65. The van der Waals surface area contributed by atoms with Crippen molar-refractivity contribution >= 4 is 17.7 Å². The summed E-state index contributed by atoms with van der Waals surface area (Å²) in [4.78, 5) is 27.6. The van der Waals surface area contributed by atoms with E-state index in [1.807, 2.05) is 29.5 Å². The number of amides is 1. The molecule has 8 heteroatoms. The Hall–Kier alpha value is -1.93. The number of likely N-dealkylation sites (tertiary alicyclic amines) is 1. The van der Waals surface area contributed by atoms with Gasteiger partial charge in [-0.25, -0.2) is 4.68 Å². The Labute approximate surface area is 161 Å². The van der Waals surface area contributed by atoms with Crippen molar-refractivity contribution in [3.05, 3.63) is 11.8 Å². The molecule has 2 N–H and O–H groups in total. The molecule has 1 aromatic rings. The summed E-state index contributed by atoms with van der Waals surface area (Å²) < 4.78 is 1.84. The second-order valence-electron chi connectivity index (χ2n) is 8.27. The van der Waals surface area contributed by atoms with Crippen molar-refractivity contribution in [2.45, 2.75) is 59.0 Å². The summed E-state index contributed by atoms with van der Waals surface area (Å²) in [5.74, 6) is -0.111. The van der Waals surface area contributed by atoms with Gasteiger partial charge in [-0.15, -0.1) is 0 Å². The first-order chi connectivity index (χ1) is 12.6. The van der Waals surface area contributed by atoms with Gasteiger partial charge in [-0.2, -0.15) is 5.10 Å². The third kappa shape index (κ3) is 6.04. The molecule has 152 valence electrons. The molecule has 0 unspecified atom stereocenters. The van der Waals surface area contributed by atoms with E-state index in [0.717, 1.165) is 44.0 Å². The standard InChI is InChI=1S/C19H33N5O3/c1-6-23(13-18(26)27)15-7-9-22(10-8-15)12-17(25)20-16-11-14(2)21-24(16)19(3,4)5/h11,15H,6-10,12-13H2,1-5H3,(H,20,25)(H,26,27). The summed E-state index contributed by atoms with van der Waals surface area (Å²) in [7, 11) is 0. The van der Waals surface area contributed by atoms with Crippen LogP contribution in [-0.4, -0.2) is 75.3 Å². The van der Waals surface area contributed by atoms with Crippen LogP contribution in [0.1, 0.15) is 46.2 Å². The normalized spacial score (nSPS) is 16.7. The van der Waals surface area contributed by atoms with Gasteiger partial charge in [-0.1, -0.05) is 6.92 Å². The van der Waals surface area contributed by atoms with Gasteiger partial charge in [0.25, 0.3) is 0 Å². The Kier molecular flexibility index (Phi) is 7.00. The second kappa shape index (κ2) is 8.84. The summed E-state index contributed by atoms with van der Waals surface area (Å²) in [5, 5.41) is 16.5. The van der Waals surface area contributed by atoms with Gasteiger partial charge >= 0.3 is 5.97 Å². The Bertz CT molecular complexity index is 657. The second-order valence-corrected chi connectivity index (χ2v) is 8.27. The van der Waals surface area contributed by atoms with Crippen LogP contribution in [0.3, 0.4) is 0 Å². The SMILES string of the molecule is CCN(CC(=O)O)C1CCN(CC(=O)Nc2cc(C)nn2C(C)(C)C)CC1. The number of anilines is 1. The van der Waals surface area contributed by atoms with Gasteiger partial charge in [0.2, 0.25) is 5.91 Å². The monoisotopic (exact) mass is 379 g/mol. The fourth-order valence-corrected chi connectivity index (χ4v) is 3.60. The highest BCUT2D eigenvalue weighted by atomic mass is 16.4. The minimum Gasteiger partial charge on any atom is -0.480 e. The number of carboxylic acids is 1. The molecule has 0 aliphatic carbocycles. The first kappa shape index (κ1) is 21.4. The van der Waals surface area contributed by atoms with Crippen LogP contribution in [0.4, 0.5) is 5.82 Å². The molecule has 1 fully saturated rings. The number of aryl methyl sites for hydroxylation is 1. The lowest BCUT2D eigenvalue weighted by Crippen LogP contribution is -2.48. The molecule has 8 nitrogen and oxygen atoms in total. The number of likely N-dealkylation sites (N-methyl/N-ethyl adjacent to an activating group) is 1. The van der Waals surface area contributed by atoms with E-state index >= 15 is 0 Å². The van der Waals surface area contributed by atoms with Gasteiger partial charge in [0, 0.05) is 25.2 Å². The van der Waals surface area contributed by atoms with Crippen LogP contribution in [0.5, 0.6) is 0 Å². The van der Waals surface area contributed by atoms with Crippen molar-refractivity contribution in [3.8, 4) is 0 Å². The topological polar surface area (TPSA) is 90.7 Å². The molecule has 0 radical (unpaired) electrons. The molecule has 2 rings (SSSR count). The van der Waals surface area contributed by atoms with E-state index in [1.54, 1.807) is 0 Å². The van der Waals surface area contributed by atoms with E-state index in [4.69, 9.17) is 5.11 Å². The number of nitrogens with zero attached hydrogens (tertiary/aromatic N) is 4. The Morgan fingerprint density at radius 2 is 1.96 bits per heavy atom. The summed E-state index contributed by atoms with van der Waals surface area (Å²) >= 11 is 0. The molecule has 27 heavy (non-hydrogen) atoms. The minimum absolute atomic E-state index is 0.0447. The van der Waals surface area contributed by atoms with E-state index in [9.17, 15) is 9.59 Å². The number of carbonyl (C=O) groups excluding carboxylic acids is 1. The van der Waals surface area contributed by atoms with Gasteiger partial charge in [0.05, 0.1) is 24.3 Å². The fourth-order valence-electron chi connectivity index (χ4n) is 3.60. The molecule has 0 atom stereocenters. The molecule has 1 aromatic heterocycles. The van der Waals surface area contributed by atoms with E-state index in [2.05, 4.69) is 36.1 Å². The van der Waals surface area contributed by atoms with Crippen LogP contribution in [0.15, 0.2) is 6.07 Å². The molecule has 1 amide bonds. The number of piperidine rings is 1. The van der Waals surface area contributed by atoms with Crippen LogP contribution >= 0.6 is 0 Å². The molecule has 2 heterocycles. The van der Waals surface area contributed by atoms with Crippen LogP contribution in [0.2, 0.25) is 0 Å². The summed E-state index contributed by atoms with van der Waals surface area (Å²) in [6.07, 6.45) is 1.76. The lowest BCUT2D eigenvalue weighted by Gasteiger charge is -2.37. The number of aromatic nitrogens is 2. The van der Waals surface area contributed by atoms with Gasteiger partial charge < -0.3 is 10.4 Å². The van der Waals surface area contributed by atoms with Gasteiger partial charge in [0.15, 0.2) is 0 Å². The highest BCUT2D eigenvalue weighted by Gasteiger charge is 2.26. The third-order valence-corrected chi connectivity index (χ3v) is 4.92. The molecular weight excluding hydrogens is 346 g/mol. The summed E-state index contributed by atoms with van der Waals surface area (Å²) in [5.41, 5.74) is 0.669. The van der Waals surface area contributed by atoms with Crippen molar-refractivity contribution in [2.75, 3.05) is 38.0 Å². The number of hydrogen-bond acceptors (Lipinski definition) is 5. The van der Waals surface area contributed by atoms with Crippen molar-refractivity contribution < 1.29 is 14.7 Å². The van der Waals surface area contributed by atoms with Gasteiger partial charge in [-0.3, -0.25) is 19.4 Å². The van der Waals surface area contributed by atoms with Gasteiger partial charge in [-0.05, 0) is 47.1 Å². The predicted molar refractivity (Wildman–Crippen MR) is 105 cm³/mol. The molecule has 0 aromatic carbocycles. The zero-order valence-electron chi connectivity index (χ0n) is 17.2. The first-order valence-corrected chi connectivity index (χ1v) is 9.65. The Morgan fingerprint density at radius 3 is 2.48 bits per heavy atom. The van der Waals surface area contributed by atoms with Crippen molar-refractivity contribution in [1.82, 2.24) is 19.6 Å². The van der Waals surface area contributed by atoms with E-state index in [-0.39, 0.29) is 24.0 Å². The van der Waals surface area contributed by atoms with Crippen LogP contribution in [0.25, 0.3) is 0 Å². The maximum absolute atomic E-state index is 12.5. The third-order valence-electron chi connectivity index (χ3n) is 4.92. The lowest BCUT2D eigenvalue weighted by atomic mass is 10.0. The summed E-state index contributed by atoms with van der Waals surface area (Å²) in [6, 6.07) is 2.16. The number of rotatable bonds is 7. The molecule has 1 saturated heterocycles. The van der Waals surface area contributed by atoms with E-state index < -0.39 is 5.97 Å². The number of carbonyl (C=O) groups is 2. The number of carboxylic acid groups (broad SMARTS) is 1. The minimum atomic E-state index is -0.788. The van der Waals surface area contributed by atoms with Crippen LogP contribution in [0, 0.1) is 6.92 Å². The van der Waals surface area contributed by atoms with Crippen LogP contribution in [-0.2, 0) is 15.1 Å². The molecule has 1 aliphatic heterocycles. The van der Waals surface area contributed by atoms with Gasteiger partial charge in [0.1, 0.15) is 5.82 Å². The fraction of sp³-hybridized carbons (Fsp3) is 0.737. The highest BCUT2D eigenvalue weighted by molar-refractivity contribution is 5.91.